The Morgan fingerprint density at radius 3 is 3.00 bits per heavy atom. The number of carbonyl (C=O) groups is 1. The summed E-state index contributed by atoms with van der Waals surface area (Å²) in [4.78, 5) is 16.8. The maximum absolute atomic E-state index is 14.3. The number of nitrogens with one attached hydrogen (secondary N) is 1. The van der Waals surface area contributed by atoms with Gasteiger partial charge in [-0.25, -0.2) is 4.39 Å². The van der Waals surface area contributed by atoms with Gasteiger partial charge in [0.1, 0.15) is 5.82 Å². The Balaban J connectivity index is 1.46. The molecule has 1 aliphatic carbocycles. The molecule has 2 aliphatic rings. The fourth-order valence-corrected chi connectivity index (χ4v) is 3.95. The van der Waals surface area contributed by atoms with E-state index < -0.39 is 0 Å². The van der Waals surface area contributed by atoms with E-state index in [1.54, 1.807) is 18.3 Å². The maximum atomic E-state index is 14.3. The van der Waals surface area contributed by atoms with E-state index in [1.807, 2.05) is 15.9 Å². The van der Waals surface area contributed by atoms with Gasteiger partial charge in [0.25, 0.3) is 0 Å². The maximum Gasteiger partial charge on any atom is 0.231 e. The number of aromatic nitrogens is 2. The molecule has 1 aliphatic heterocycles. The van der Waals surface area contributed by atoms with E-state index in [2.05, 4.69) is 10.2 Å². The van der Waals surface area contributed by atoms with Crippen molar-refractivity contribution in [3.8, 4) is 6.07 Å². The number of nitrogens with zero attached hydrogens (tertiary/aromatic N) is 4. The van der Waals surface area contributed by atoms with Crippen LogP contribution in [0.3, 0.4) is 0 Å². The van der Waals surface area contributed by atoms with Crippen LogP contribution >= 0.6 is 0 Å². The molecule has 0 bridgehead atoms. The van der Waals surface area contributed by atoms with Crippen molar-refractivity contribution in [3.63, 3.8) is 0 Å². The van der Waals surface area contributed by atoms with Gasteiger partial charge < -0.3 is 9.80 Å². The molecular weight excluding hydrogens is 333 g/mol. The number of fused-ring (bicyclic) bond motifs is 1. The number of nitriles is 1. The number of amides is 1. The normalized spacial score (nSPS) is 19.8. The number of anilines is 1. The van der Waals surface area contributed by atoms with Crippen LogP contribution < -0.4 is 4.90 Å². The molecule has 0 radical (unpaired) electrons. The van der Waals surface area contributed by atoms with Crippen LogP contribution in [0.1, 0.15) is 35.6 Å². The average Bonchev–Trinajstić information content (AvgIpc) is 3.18. The lowest BCUT2D eigenvalue weighted by atomic mass is 10.1. The van der Waals surface area contributed by atoms with E-state index in [9.17, 15) is 9.18 Å². The highest BCUT2D eigenvalue weighted by Gasteiger charge is 2.34. The summed E-state index contributed by atoms with van der Waals surface area (Å²) in [6, 6.07) is 6.50. The third-order valence-electron chi connectivity index (χ3n) is 5.33. The molecule has 0 saturated carbocycles. The molecular formula is C19H20FN5O. The van der Waals surface area contributed by atoms with Gasteiger partial charge >= 0.3 is 0 Å². The molecule has 2 aromatic rings. The predicted octanol–water partition coefficient (Wildman–Crippen LogP) is 2.19. The lowest BCUT2D eigenvalue weighted by molar-refractivity contribution is -0.132. The van der Waals surface area contributed by atoms with Crippen LogP contribution in [0, 0.1) is 17.1 Å². The Hall–Kier alpha value is -2.88. The molecule has 6 nitrogen and oxygen atoms in total. The molecule has 1 saturated heterocycles. The van der Waals surface area contributed by atoms with Crippen molar-refractivity contribution in [2.24, 2.45) is 0 Å². The van der Waals surface area contributed by atoms with E-state index in [1.165, 1.54) is 6.07 Å². The van der Waals surface area contributed by atoms with Crippen molar-refractivity contribution in [2.75, 3.05) is 31.1 Å². The third-order valence-corrected chi connectivity index (χ3v) is 5.33. The van der Waals surface area contributed by atoms with Gasteiger partial charge in [-0.3, -0.25) is 9.89 Å². The molecule has 1 amide bonds. The Bertz CT molecular complexity index is 871. The Kier molecular flexibility index (Phi) is 4.33. The van der Waals surface area contributed by atoms with Crippen molar-refractivity contribution < 1.29 is 9.18 Å². The summed E-state index contributed by atoms with van der Waals surface area (Å²) in [5.74, 6) is -0.387. The van der Waals surface area contributed by atoms with Crippen molar-refractivity contribution in [2.45, 2.75) is 25.2 Å². The first-order valence-corrected chi connectivity index (χ1v) is 8.93. The van der Waals surface area contributed by atoms with Crippen LogP contribution in [0.5, 0.6) is 0 Å². The molecule has 1 atom stereocenters. The van der Waals surface area contributed by atoms with E-state index >= 15 is 0 Å². The van der Waals surface area contributed by atoms with E-state index in [0.717, 1.165) is 30.5 Å². The Morgan fingerprint density at radius 2 is 2.19 bits per heavy atom. The van der Waals surface area contributed by atoms with Crippen LogP contribution in [0.2, 0.25) is 0 Å². The van der Waals surface area contributed by atoms with Crippen molar-refractivity contribution in [3.05, 3.63) is 47.0 Å². The van der Waals surface area contributed by atoms with Gasteiger partial charge in [-0.2, -0.15) is 10.4 Å². The standard InChI is InChI=1S/C19H20FN5O/c20-16-10-13(11-21)2-5-17(16)24-6-1-7-25(9-8-24)19(26)15-4-3-14-12-22-23-18(14)15/h2,5,10,12,15H,1,3-4,6-9H2,(H,22,23). The number of rotatable bonds is 2. The van der Waals surface area contributed by atoms with Gasteiger partial charge in [0, 0.05) is 26.2 Å². The Labute approximate surface area is 151 Å². The van der Waals surface area contributed by atoms with Gasteiger partial charge in [-0.1, -0.05) is 0 Å². The van der Waals surface area contributed by atoms with Crippen molar-refractivity contribution in [1.82, 2.24) is 15.1 Å². The summed E-state index contributed by atoms with van der Waals surface area (Å²) in [6.45, 7) is 2.51. The summed E-state index contributed by atoms with van der Waals surface area (Å²) in [7, 11) is 0. The largest absolute Gasteiger partial charge is 0.367 e. The summed E-state index contributed by atoms with van der Waals surface area (Å²) in [5, 5.41) is 15.9. The second-order valence-corrected chi connectivity index (χ2v) is 6.84. The zero-order chi connectivity index (χ0) is 18.1. The number of carbonyl (C=O) groups excluding carboxylic acids is 1. The lowest BCUT2D eigenvalue weighted by Crippen LogP contribution is -2.38. The smallest absolute Gasteiger partial charge is 0.231 e. The summed E-state index contributed by atoms with van der Waals surface area (Å²) in [5.41, 5.74) is 2.90. The van der Waals surface area contributed by atoms with Crippen molar-refractivity contribution in [1.29, 1.82) is 5.26 Å². The minimum absolute atomic E-state index is 0.134. The second kappa shape index (κ2) is 6.79. The fraction of sp³-hybridized carbons (Fsp3) is 0.421. The number of H-pyrrole nitrogens is 1. The molecule has 1 aromatic carbocycles. The van der Waals surface area contributed by atoms with Gasteiger partial charge in [0.2, 0.25) is 5.91 Å². The van der Waals surface area contributed by atoms with Crippen molar-refractivity contribution >= 4 is 11.6 Å². The number of halogens is 1. The van der Waals surface area contributed by atoms with Gasteiger partial charge in [-0.05, 0) is 43.0 Å². The average molecular weight is 353 g/mol. The third kappa shape index (κ3) is 2.92. The number of hydrogen-bond donors (Lipinski definition) is 1. The highest BCUT2D eigenvalue weighted by atomic mass is 19.1. The predicted molar refractivity (Wildman–Crippen MR) is 94.2 cm³/mol. The molecule has 1 aromatic heterocycles. The van der Waals surface area contributed by atoms with E-state index in [-0.39, 0.29) is 17.6 Å². The zero-order valence-corrected chi connectivity index (χ0v) is 14.4. The number of aromatic amines is 1. The van der Waals surface area contributed by atoms with Crippen LogP contribution in [-0.4, -0.2) is 47.2 Å². The Morgan fingerprint density at radius 1 is 1.31 bits per heavy atom. The molecule has 1 fully saturated rings. The number of benzene rings is 1. The highest BCUT2D eigenvalue weighted by molar-refractivity contribution is 5.84. The molecule has 134 valence electrons. The first-order valence-electron chi connectivity index (χ1n) is 8.93. The van der Waals surface area contributed by atoms with E-state index in [0.29, 0.717) is 37.4 Å². The summed E-state index contributed by atoms with van der Waals surface area (Å²) < 4.78 is 14.3. The first kappa shape index (κ1) is 16.6. The van der Waals surface area contributed by atoms with Crippen LogP contribution in [-0.2, 0) is 11.2 Å². The number of hydrogen-bond acceptors (Lipinski definition) is 4. The van der Waals surface area contributed by atoms with Gasteiger partial charge in [0.05, 0.1) is 35.1 Å². The summed E-state index contributed by atoms with van der Waals surface area (Å²) in [6.07, 6.45) is 4.31. The quantitative estimate of drug-likeness (QED) is 0.898. The molecule has 0 spiro atoms. The molecule has 7 heteroatoms. The molecule has 2 heterocycles. The second-order valence-electron chi connectivity index (χ2n) is 6.84. The SMILES string of the molecule is N#Cc1ccc(N2CCCN(C(=O)C3CCc4cn[nH]c43)CC2)c(F)c1. The van der Waals surface area contributed by atoms with Crippen LogP contribution in [0.4, 0.5) is 10.1 Å². The lowest BCUT2D eigenvalue weighted by Gasteiger charge is -2.25. The summed E-state index contributed by atoms with van der Waals surface area (Å²) >= 11 is 0. The fourth-order valence-electron chi connectivity index (χ4n) is 3.95. The van der Waals surface area contributed by atoms with Crippen LogP contribution in [0.15, 0.2) is 24.4 Å². The van der Waals surface area contributed by atoms with Crippen LogP contribution in [0.25, 0.3) is 0 Å². The zero-order valence-electron chi connectivity index (χ0n) is 14.4. The van der Waals surface area contributed by atoms with E-state index in [4.69, 9.17) is 5.26 Å². The number of aryl methyl sites for hydroxylation is 1. The topological polar surface area (TPSA) is 76.0 Å². The minimum atomic E-state index is -0.387. The molecule has 26 heavy (non-hydrogen) atoms. The monoisotopic (exact) mass is 353 g/mol. The molecule has 1 unspecified atom stereocenters. The molecule has 1 N–H and O–H groups in total. The van der Waals surface area contributed by atoms with Gasteiger partial charge in [0.15, 0.2) is 0 Å². The minimum Gasteiger partial charge on any atom is -0.367 e. The molecule has 4 rings (SSSR count). The van der Waals surface area contributed by atoms with Gasteiger partial charge in [-0.15, -0.1) is 0 Å². The first-order chi connectivity index (χ1) is 12.7. The highest BCUT2D eigenvalue weighted by Crippen LogP contribution is 2.33.